The van der Waals surface area contributed by atoms with Crippen LogP contribution in [0.2, 0.25) is 0 Å². The number of amides is 1. The van der Waals surface area contributed by atoms with Crippen LogP contribution in [0.3, 0.4) is 0 Å². The van der Waals surface area contributed by atoms with Crippen LogP contribution in [-0.2, 0) is 0 Å². The third kappa shape index (κ3) is 3.53. The molecule has 0 unspecified atom stereocenters. The number of pyridine rings is 1. The van der Waals surface area contributed by atoms with Gasteiger partial charge in [-0.1, -0.05) is 60.7 Å². The fraction of sp³-hybridized carbons (Fsp3) is 0.143. The van der Waals surface area contributed by atoms with Crippen molar-refractivity contribution in [3.8, 4) is 0 Å². The summed E-state index contributed by atoms with van der Waals surface area (Å²) in [6, 6.07) is 22.7. The Kier molecular flexibility index (Phi) is 4.80. The highest BCUT2D eigenvalue weighted by Crippen LogP contribution is 2.28. The van der Waals surface area contributed by atoms with E-state index in [0.717, 1.165) is 16.8 Å². The highest BCUT2D eigenvalue weighted by atomic mass is 16.2. The third-order valence-corrected chi connectivity index (χ3v) is 4.22. The minimum atomic E-state index is -0.364. The van der Waals surface area contributed by atoms with Gasteiger partial charge in [-0.15, -0.1) is 0 Å². The zero-order valence-electron chi connectivity index (χ0n) is 14.3. The molecule has 4 nitrogen and oxygen atoms in total. The number of rotatable bonds is 4. The molecule has 1 amide bonds. The summed E-state index contributed by atoms with van der Waals surface area (Å²) in [5, 5.41) is 0. The summed E-state index contributed by atoms with van der Waals surface area (Å²) >= 11 is 0. The Bertz CT molecular complexity index is 878. The van der Waals surface area contributed by atoms with Crippen molar-refractivity contribution in [2.45, 2.75) is 13.0 Å². The van der Waals surface area contributed by atoms with Gasteiger partial charge >= 0.3 is 0 Å². The molecule has 126 valence electrons. The molecule has 0 aliphatic heterocycles. The molecule has 0 bridgehead atoms. The molecule has 25 heavy (non-hydrogen) atoms. The van der Waals surface area contributed by atoms with Gasteiger partial charge in [0.2, 0.25) is 0 Å². The standard InChI is InChI=1S/C21H20N2O2/c1-15-13-14-18(20(24)22-15)21(25)23(2)19(16-9-5-3-6-10-16)17-11-7-4-8-12-17/h3-14,19H,1-2H3,(H,22,24). The molecule has 2 aromatic carbocycles. The molecule has 0 saturated heterocycles. The molecule has 0 fully saturated rings. The van der Waals surface area contributed by atoms with E-state index in [2.05, 4.69) is 4.98 Å². The Hall–Kier alpha value is -3.14. The van der Waals surface area contributed by atoms with E-state index in [-0.39, 0.29) is 23.1 Å². The lowest BCUT2D eigenvalue weighted by Gasteiger charge is -2.29. The van der Waals surface area contributed by atoms with Crippen LogP contribution in [0.5, 0.6) is 0 Å². The van der Waals surface area contributed by atoms with Crippen molar-refractivity contribution in [2.75, 3.05) is 7.05 Å². The number of nitrogens with one attached hydrogen (secondary N) is 1. The summed E-state index contributed by atoms with van der Waals surface area (Å²) in [5.41, 5.74) is 2.50. The molecule has 0 radical (unpaired) electrons. The van der Waals surface area contributed by atoms with Gasteiger partial charge in [0, 0.05) is 12.7 Å². The molecule has 0 aliphatic carbocycles. The molecule has 3 rings (SSSR count). The number of H-pyrrole nitrogens is 1. The van der Waals surface area contributed by atoms with Gasteiger partial charge in [-0.3, -0.25) is 9.59 Å². The summed E-state index contributed by atoms with van der Waals surface area (Å²) < 4.78 is 0. The van der Waals surface area contributed by atoms with E-state index in [1.807, 2.05) is 60.7 Å². The molecule has 1 N–H and O–H groups in total. The van der Waals surface area contributed by atoms with Crippen LogP contribution in [-0.4, -0.2) is 22.8 Å². The van der Waals surface area contributed by atoms with Crippen LogP contribution in [0.25, 0.3) is 0 Å². The van der Waals surface area contributed by atoms with E-state index in [1.165, 1.54) is 0 Å². The number of hydrogen-bond donors (Lipinski definition) is 1. The Morgan fingerprint density at radius 2 is 1.40 bits per heavy atom. The fourth-order valence-electron chi connectivity index (χ4n) is 2.96. The lowest BCUT2D eigenvalue weighted by atomic mass is 9.97. The third-order valence-electron chi connectivity index (χ3n) is 4.22. The van der Waals surface area contributed by atoms with Crippen molar-refractivity contribution in [1.82, 2.24) is 9.88 Å². The maximum atomic E-state index is 13.0. The van der Waals surface area contributed by atoms with Crippen molar-refractivity contribution in [2.24, 2.45) is 0 Å². The van der Waals surface area contributed by atoms with Crippen molar-refractivity contribution in [1.29, 1.82) is 0 Å². The Morgan fingerprint density at radius 3 is 1.88 bits per heavy atom. The first kappa shape index (κ1) is 16.7. The second-order valence-electron chi connectivity index (χ2n) is 6.02. The van der Waals surface area contributed by atoms with Crippen molar-refractivity contribution >= 4 is 5.91 Å². The number of aromatic amines is 1. The summed E-state index contributed by atoms with van der Waals surface area (Å²) in [6.45, 7) is 1.79. The molecule has 0 spiro atoms. The predicted octanol–water partition coefficient (Wildman–Crippen LogP) is 3.54. The van der Waals surface area contributed by atoms with Crippen molar-refractivity contribution in [3.05, 3.63) is 106 Å². The van der Waals surface area contributed by atoms with Crippen LogP contribution in [0.4, 0.5) is 0 Å². The van der Waals surface area contributed by atoms with Gasteiger partial charge in [-0.25, -0.2) is 0 Å². The zero-order valence-corrected chi connectivity index (χ0v) is 14.3. The van der Waals surface area contributed by atoms with Gasteiger partial charge in [0.25, 0.3) is 11.5 Å². The number of aryl methyl sites for hydroxylation is 1. The van der Waals surface area contributed by atoms with E-state index >= 15 is 0 Å². The van der Waals surface area contributed by atoms with E-state index in [0.29, 0.717) is 0 Å². The highest BCUT2D eigenvalue weighted by molar-refractivity contribution is 5.94. The van der Waals surface area contributed by atoms with E-state index in [4.69, 9.17) is 0 Å². The fourth-order valence-corrected chi connectivity index (χ4v) is 2.96. The van der Waals surface area contributed by atoms with Crippen LogP contribution in [0.1, 0.15) is 33.2 Å². The second kappa shape index (κ2) is 7.18. The Morgan fingerprint density at radius 1 is 0.880 bits per heavy atom. The second-order valence-corrected chi connectivity index (χ2v) is 6.02. The molecule has 3 aromatic rings. The zero-order chi connectivity index (χ0) is 17.8. The van der Waals surface area contributed by atoms with Crippen LogP contribution >= 0.6 is 0 Å². The smallest absolute Gasteiger partial charge is 0.260 e. The number of hydrogen-bond acceptors (Lipinski definition) is 2. The van der Waals surface area contributed by atoms with Gasteiger partial charge in [-0.05, 0) is 30.2 Å². The highest BCUT2D eigenvalue weighted by Gasteiger charge is 2.25. The largest absolute Gasteiger partial charge is 0.330 e. The summed E-state index contributed by atoms with van der Waals surface area (Å²) in [7, 11) is 1.73. The summed E-state index contributed by atoms with van der Waals surface area (Å²) in [4.78, 5) is 29.5. The summed E-state index contributed by atoms with van der Waals surface area (Å²) in [5.74, 6) is -0.307. The Balaban J connectivity index is 2.04. The average Bonchev–Trinajstić information content (AvgIpc) is 2.63. The monoisotopic (exact) mass is 332 g/mol. The topological polar surface area (TPSA) is 53.2 Å². The number of carbonyl (C=O) groups is 1. The minimum absolute atomic E-state index is 0.143. The summed E-state index contributed by atoms with van der Waals surface area (Å²) in [6.07, 6.45) is 0. The lowest BCUT2D eigenvalue weighted by Crippen LogP contribution is -2.35. The predicted molar refractivity (Wildman–Crippen MR) is 98.6 cm³/mol. The Labute approximate surface area is 146 Å². The van der Waals surface area contributed by atoms with Crippen LogP contribution < -0.4 is 5.56 Å². The van der Waals surface area contributed by atoms with Crippen molar-refractivity contribution < 1.29 is 4.79 Å². The normalized spacial score (nSPS) is 10.7. The van der Waals surface area contributed by atoms with E-state index in [1.54, 1.807) is 31.0 Å². The van der Waals surface area contributed by atoms with E-state index < -0.39 is 0 Å². The first-order chi connectivity index (χ1) is 12.1. The van der Waals surface area contributed by atoms with Gasteiger partial charge in [-0.2, -0.15) is 0 Å². The van der Waals surface area contributed by atoms with Gasteiger partial charge in [0.05, 0.1) is 6.04 Å². The van der Waals surface area contributed by atoms with Crippen molar-refractivity contribution in [3.63, 3.8) is 0 Å². The molecule has 4 heteroatoms. The molecule has 1 heterocycles. The molecule has 0 atom stereocenters. The average molecular weight is 332 g/mol. The molecule has 1 aromatic heterocycles. The lowest BCUT2D eigenvalue weighted by molar-refractivity contribution is 0.0753. The van der Waals surface area contributed by atoms with Gasteiger partial charge < -0.3 is 9.88 Å². The quantitative estimate of drug-likeness (QED) is 0.794. The first-order valence-corrected chi connectivity index (χ1v) is 8.15. The van der Waals surface area contributed by atoms with Gasteiger partial charge in [0.15, 0.2) is 0 Å². The molecule has 0 aliphatic rings. The number of aromatic nitrogens is 1. The number of benzene rings is 2. The van der Waals surface area contributed by atoms with Crippen LogP contribution in [0, 0.1) is 6.92 Å². The molecular formula is C21H20N2O2. The SMILES string of the molecule is Cc1ccc(C(=O)N(C)C(c2ccccc2)c2ccccc2)c(=O)[nH]1. The minimum Gasteiger partial charge on any atom is -0.330 e. The molecular weight excluding hydrogens is 312 g/mol. The van der Waals surface area contributed by atoms with Gasteiger partial charge in [0.1, 0.15) is 5.56 Å². The van der Waals surface area contributed by atoms with Crippen LogP contribution in [0.15, 0.2) is 77.6 Å². The number of nitrogens with zero attached hydrogens (tertiary/aromatic N) is 1. The van der Waals surface area contributed by atoms with E-state index in [9.17, 15) is 9.59 Å². The maximum Gasteiger partial charge on any atom is 0.260 e. The maximum absolute atomic E-state index is 13.0. The number of carbonyl (C=O) groups excluding carboxylic acids is 1. The first-order valence-electron chi connectivity index (χ1n) is 8.15. The molecule has 0 saturated carbocycles.